The lowest BCUT2D eigenvalue weighted by Crippen LogP contribution is -2.12. The monoisotopic (exact) mass is 207 g/mol. The van der Waals surface area contributed by atoms with Crippen molar-refractivity contribution in [2.75, 3.05) is 0 Å². The second-order valence-corrected chi connectivity index (χ2v) is 4.52. The normalized spacial score (nSPS) is 17.5. The van der Waals surface area contributed by atoms with E-state index in [9.17, 15) is 4.79 Å². The highest BCUT2D eigenvalue weighted by Crippen LogP contribution is 2.31. The van der Waals surface area contributed by atoms with E-state index < -0.39 is 0 Å². The smallest absolute Gasteiger partial charge is 0.172 e. The maximum atomic E-state index is 10.8. The number of rotatable bonds is 3. The Morgan fingerprint density at radius 1 is 1.40 bits per heavy atom. The van der Waals surface area contributed by atoms with Gasteiger partial charge in [0.15, 0.2) is 6.29 Å². The van der Waals surface area contributed by atoms with Crippen molar-refractivity contribution in [3.8, 4) is 0 Å². The topological polar surface area (TPSA) is 47.8 Å². The van der Waals surface area contributed by atoms with Crippen molar-refractivity contribution in [3.05, 3.63) is 11.4 Å². The summed E-state index contributed by atoms with van der Waals surface area (Å²) >= 11 is 0. The molecule has 0 saturated heterocycles. The predicted octanol–water partition coefficient (Wildman–Crippen LogP) is 2.33. The molecule has 0 spiro atoms. The molecule has 1 aliphatic rings. The van der Waals surface area contributed by atoms with Gasteiger partial charge < -0.3 is 0 Å². The zero-order valence-corrected chi connectivity index (χ0v) is 9.31. The molecule has 0 aliphatic heterocycles. The molecule has 82 valence electrons. The van der Waals surface area contributed by atoms with Gasteiger partial charge in [-0.05, 0) is 18.8 Å². The lowest BCUT2D eigenvalue weighted by molar-refractivity contribution is 0.111. The predicted molar refractivity (Wildman–Crippen MR) is 57.0 cm³/mol. The Morgan fingerprint density at radius 2 is 2.07 bits per heavy atom. The van der Waals surface area contributed by atoms with Crippen molar-refractivity contribution < 1.29 is 4.79 Å². The first-order chi connectivity index (χ1) is 7.24. The van der Waals surface area contributed by atoms with Crippen molar-refractivity contribution in [2.45, 2.75) is 51.5 Å². The molecule has 0 amide bonds. The van der Waals surface area contributed by atoms with Crippen LogP contribution in [0.5, 0.6) is 0 Å². The Bertz CT molecular complexity index is 351. The summed E-state index contributed by atoms with van der Waals surface area (Å²) in [6.45, 7) is 4.16. The zero-order chi connectivity index (χ0) is 10.8. The highest BCUT2D eigenvalue weighted by Gasteiger charge is 2.24. The summed E-state index contributed by atoms with van der Waals surface area (Å²) < 4.78 is 1.97. The van der Waals surface area contributed by atoms with Crippen LogP contribution in [0.2, 0.25) is 0 Å². The average molecular weight is 207 g/mol. The molecule has 0 N–H and O–H groups in total. The van der Waals surface area contributed by atoms with E-state index in [0.29, 0.717) is 17.7 Å². The van der Waals surface area contributed by atoms with E-state index in [4.69, 9.17) is 0 Å². The van der Waals surface area contributed by atoms with E-state index in [0.717, 1.165) is 12.0 Å². The zero-order valence-electron chi connectivity index (χ0n) is 9.31. The standard InChI is InChI=1S/C11H17N3O/c1-8(2)11-10(7-15)12-13-14(11)9-5-3-4-6-9/h7-9H,3-6H2,1-2H3. The number of hydrogen-bond donors (Lipinski definition) is 0. The van der Waals surface area contributed by atoms with Gasteiger partial charge in [-0.25, -0.2) is 4.68 Å². The molecule has 0 unspecified atom stereocenters. The number of aldehydes is 1. The fourth-order valence-corrected chi connectivity index (χ4v) is 2.38. The molecule has 1 fully saturated rings. The van der Waals surface area contributed by atoms with Gasteiger partial charge in [-0.1, -0.05) is 31.9 Å². The van der Waals surface area contributed by atoms with Crippen LogP contribution >= 0.6 is 0 Å². The Kier molecular flexibility index (Phi) is 2.84. The van der Waals surface area contributed by atoms with Gasteiger partial charge in [0.05, 0.1) is 11.7 Å². The summed E-state index contributed by atoms with van der Waals surface area (Å²) in [4.78, 5) is 10.8. The Balaban J connectivity index is 2.37. The number of hydrogen-bond acceptors (Lipinski definition) is 3. The molecule has 1 aromatic heterocycles. The van der Waals surface area contributed by atoms with Gasteiger partial charge in [-0.2, -0.15) is 0 Å². The number of carbonyl (C=O) groups is 1. The Labute approximate surface area is 89.7 Å². The Morgan fingerprint density at radius 3 is 2.60 bits per heavy atom. The molecule has 1 heterocycles. The van der Waals surface area contributed by atoms with Crippen molar-refractivity contribution in [1.82, 2.24) is 15.0 Å². The molecule has 0 aromatic carbocycles. The first kappa shape index (κ1) is 10.3. The molecule has 1 aromatic rings. The van der Waals surface area contributed by atoms with E-state index >= 15 is 0 Å². The molecule has 0 bridgehead atoms. The van der Waals surface area contributed by atoms with E-state index in [-0.39, 0.29) is 0 Å². The third kappa shape index (κ3) is 1.80. The molecule has 1 saturated carbocycles. The van der Waals surface area contributed by atoms with Crippen LogP contribution in [-0.4, -0.2) is 21.3 Å². The summed E-state index contributed by atoms with van der Waals surface area (Å²) in [6, 6.07) is 0.462. The summed E-state index contributed by atoms with van der Waals surface area (Å²) in [5, 5.41) is 8.07. The highest BCUT2D eigenvalue weighted by molar-refractivity contribution is 5.73. The molecule has 4 heteroatoms. The minimum absolute atomic E-state index is 0.306. The molecule has 1 aliphatic carbocycles. The molecular formula is C11H17N3O. The van der Waals surface area contributed by atoms with Gasteiger partial charge in [0.25, 0.3) is 0 Å². The van der Waals surface area contributed by atoms with Crippen LogP contribution in [0.15, 0.2) is 0 Å². The molecule has 0 radical (unpaired) electrons. The second-order valence-electron chi connectivity index (χ2n) is 4.52. The minimum Gasteiger partial charge on any atom is -0.296 e. The number of carbonyl (C=O) groups excluding carboxylic acids is 1. The molecule has 0 atom stereocenters. The van der Waals surface area contributed by atoms with Crippen molar-refractivity contribution >= 4 is 6.29 Å². The average Bonchev–Trinajstić information content (AvgIpc) is 2.85. The molecule has 4 nitrogen and oxygen atoms in total. The van der Waals surface area contributed by atoms with E-state index in [1.807, 2.05) is 4.68 Å². The van der Waals surface area contributed by atoms with Crippen LogP contribution in [0, 0.1) is 0 Å². The van der Waals surface area contributed by atoms with Gasteiger partial charge in [0, 0.05) is 0 Å². The fourth-order valence-electron chi connectivity index (χ4n) is 2.38. The maximum Gasteiger partial charge on any atom is 0.172 e. The van der Waals surface area contributed by atoms with Crippen LogP contribution in [0.3, 0.4) is 0 Å². The number of aromatic nitrogens is 3. The third-order valence-electron chi connectivity index (χ3n) is 3.09. The van der Waals surface area contributed by atoms with Gasteiger partial charge in [0.2, 0.25) is 0 Å². The van der Waals surface area contributed by atoms with E-state index in [1.54, 1.807) is 0 Å². The van der Waals surface area contributed by atoms with Gasteiger partial charge in [0.1, 0.15) is 5.69 Å². The molecular weight excluding hydrogens is 190 g/mol. The SMILES string of the molecule is CC(C)c1c(C=O)nnn1C1CCCC1. The summed E-state index contributed by atoms with van der Waals surface area (Å²) in [5.41, 5.74) is 1.51. The summed E-state index contributed by atoms with van der Waals surface area (Å²) in [5.74, 6) is 0.306. The van der Waals surface area contributed by atoms with Crippen molar-refractivity contribution in [1.29, 1.82) is 0 Å². The molecule has 2 rings (SSSR count). The first-order valence-corrected chi connectivity index (χ1v) is 5.64. The van der Waals surface area contributed by atoms with E-state index in [1.165, 1.54) is 25.7 Å². The van der Waals surface area contributed by atoms with Crippen molar-refractivity contribution in [2.24, 2.45) is 0 Å². The van der Waals surface area contributed by atoms with Crippen molar-refractivity contribution in [3.63, 3.8) is 0 Å². The van der Waals surface area contributed by atoms with Crippen LogP contribution in [-0.2, 0) is 0 Å². The molecule has 15 heavy (non-hydrogen) atoms. The minimum atomic E-state index is 0.306. The largest absolute Gasteiger partial charge is 0.296 e. The lowest BCUT2D eigenvalue weighted by Gasteiger charge is -2.15. The van der Waals surface area contributed by atoms with E-state index in [2.05, 4.69) is 24.2 Å². The van der Waals surface area contributed by atoms with Crippen LogP contribution < -0.4 is 0 Å². The maximum absolute atomic E-state index is 10.8. The van der Waals surface area contributed by atoms with Gasteiger partial charge in [-0.15, -0.1) is 5.10 Å². The van der Waals surface area contributed by atoms with Gasteiger partial charge >= 0.3 is 0 Å². The summed E-state index contributed by atoms with van der Waals surface area (Å²) in [6.07, 6.45) is 5.67. The highest BCUT2D eigenvalue weighted by atomic mass is 16.1. The quantitative estimate of drug-likeness (QED) is 0.715. The van der Waals surface area contributed by atoms with Crippen LogP contribution in [0.25, 0.3) is 0 Å². The second kappa shape index (κ2) is 4.13. The Hall–Kier alpha value is -1.19. The third-order valence-corrected chi connectivity index (χ3v) is 3.09. The number of nitrogens with zero attached hydrogens (tertiary/aromatic N) is 3. The van der Waals surface area contributed by atoms with Crippen LogP contribution in [0.4, 0.5) is 0 Å². The van der Waals surface area contributed by atoms with Gasteiger partial charge in [-0.3, -0.25) is 4.79 Å². The van der Waals surface area contributed by atoms with Crippen LogP contribution in [0.1, 0.15) is 67.7 Å². The summed E-state index contributed by atoms with van der Waals surface area (Å²) in [7, 11) is 0. The first-order valence-electron chi connectivity index (χ1n) is 5.64. The lowest BCUT2D eigenvalue weighted by atomic mass is 10.1. The fraction of sp³-hybridized carbons (Fsp3) is 0.727.